The number of urea groups is 1. The van der Waals surface area contributed by atoms with Gasteiger partial charge in [-0.2, -0.15) is 0 Å². The predicted octanol–water partition coefficient (Wildman–Crippen LogP) is -1.24. The molecule has 5 heteroatoms. The summed E-state index contributed by atoms with van der Waals surface area (Å²) in [6, 6.07) is -0.495. The summed E-state index contributed by atoms with van der Waals surface area (Å²) in [4.78, 5) is 11.8. The van der Waals surface area contributed by atoms with Gasteiger partial charge in [-0.25, -0.2) is 4.79 Å². The van der Waals surface area contributed by atoms with Crippen molar-refractivity contribution in [3.05, 3.63) is 0 Å². The van der Waals surface area contributed by atoms with Crippen LogP contribution in [0.1, 0.15) is 0 Å². The van der Waals surface area contributed by atoms with Gasteiger partial charge in [-0.1, -0.05) is 0 Å². The Morgan fingerprint density at radius 3 is 2.73 bits per heavy atom. The highest BCUT2D eigenvalue weighted by Gasteiger charge is 2.42. The smallest absolute Gasteiger partial charge is 0.314 e. The van der Waals surface area contributed by atoms with Crippen LogP contribution in [-0.2, 0) is 4.74 Å². The second-order valence-electron chi connectivity index (χ2n) is 2.85. The van der Waals surface area contributed by atoms with Crippen molar-refractivity contribution in [2.75, 3.05) is 26.8 Å². The Labute approximate surface area is 64.7 Å². The number of methoxy groups -OCH3 is 1. The second-order valence-corrected chi connectivity index (χ2v) is 2.85. The molecule has 0 atom stereocenters. The number of β-amino-alcohol motifs (C(OH)–C–C–N with tert-alkyl or cyclic N) is 1. The number of ether oxygens (including phenoxy) is 1. The van der Waals surface area contributed by atoms with Crippen LogP contribution in [0.3, 0.4) is 0 Å². The lowest BCUT2D eigenvalue weighted by atomic mass is 9.96. The Morgan fingerprint density at radius 1 is 1.82 bits per heavy atom. The molecule has 0 aromatic rings. The van der Waals surface area contributed by atoms with E-state index >= 15 is 0 Å². The molecule has 0 aliphatic carbocycles. The second kappa shape index (κ2) is 2.67. The molecule has 1 saturated heterocycles. The summed E-state index contributed by atoms with van der Waals surface area (Å²) in [7, 11) is 1.50. The third-order valence-electron chi connectivity index (χ3n) is 1.70. The quantitative estimate of drug-likeness (QED) is 0.530. The van der Waals surface area contributed by atoms with Crippen molar-refractivity contribution in [2.45, 2.75) is 5.60 Å². The molecule has 0 aromatic carbocycles. The van der Waals surface area contributed by atoms with Crippen LogP contribution in [0.2, 0.25) is 0 Å². The topological polar surface area (TPSA) is 75.8 Å². The van der Waals surface area contributed by atoms with Gasteiger partial charge in [0, 0.05) is 7.11 Å². The highest BCUT2D eigenvalue weighted by atomic mass is 16.5. The van der Waals surface area contributed by atoms with E-state index in [2.05, 4.69) is 0 Å². The fourth-order valence-electron chi connectivity index (χ4n) is 1.18. The molecule has 3 N–H and O–H groups in total. The van der Waals surface area contributed by atoms with Gasteiger partial charge in [-0.05, 0) is 0 Å². The predicted molar refractivity (Wildman–Crippen MR) is 38.0 cm³/mol. The van der Waals surface area contributed by atoms with Crippen LogP contribution < -0.4 is 5.73 Å². The molecule has 2 amide bonds. The molecule has 1 aliphatic heterocycles. The van der Waals surface area contributed by atoms with Crippen LogP contribution in [0.5, 0.6) is 0 Å². The number of primary amides is 1. The average Bonchev–Trinajstić information content (AvgIpc) is 1.82. The van der Waals surface area contributed by atoms with Crippen molar-refractivity contribution in [2.24, 2.45) is 5.73 Å². The molecule has 0 unspecified atom stereocenters. The molecule has 0 saturated carbocycles. The molecule has 0 radical (unpaired) electrons. The van der Waals surface area contributed by atoms with E-state index in [1.807, 2.05) is 0 Å². The van der Waals surface area contributed by atoms with E-state index in [0.29, 0.717) is 0 Å². The number of hydrogen-bond acceptors (Lipinski definition) is 3. The van der Waals surface area contributed by atoms with Gasteiger partial charge in [-0.15, -0.1) is 0 Å². The Hall–Kier alpha value is -0.810. The summed E-state index contributed by atoms with van der Waals surface area (Å²) in [6.07, 6.45) is 0. The average molecular weight is 160 g/mol. The van der Waals surface area contributed by atoms with E-state index in [4.69, 9.17) is 10.5 Å². The lowest BCUT2D eigenvalue weighted by Crippen LogP contribution is -2.66. The number of likely N-dealkylation sites (tertiary alicyclic amines) is 1. The first-order valence-corrected chi connectivity index (χ1v) is 3.33. The lowest BCUT2D eigenvalue weighted by Gasteiger charge is -2.44. The molecule has 11 heavy (non-hydrogen) atoms. The van der Waals surface area contributed by atoms with E-state index in [1.165, 1.54) is 12.0 Å². The summed E-state index contributed by atoms with van der Waals surface area (Å²) in [6.45, 7) is 0.795. The van der Waals surface area contributed by atoms with Crippen LogP contribution in [0.15, 0.2) is 0 Å². The summed E-state index contributed by atoms with van der Waals surface area (Å²) in [5.74, 6) is 0. The zero-order valence-electron chi connectivity index (χ0n) is 6.41. The monoisotopic (exact) mass is 160 g/mol. The van der Waals surface area contributed by atoms with Crippen LogP contribution in [0.4, 0.5) is 4.79 Å². The minimum absolute atomic E-state index is 0.247. The standard InChI is InChI=1S/C6H12N2O3/c1-11-4-6(10)2-8(3-6)5(7)9/h10H,2-4H2,1H3,(H2,7,9). The Bertz CT molecular complexity index is 165. The number of amides is 2. The minimum Gasteiger partial charge on any atom is -0.384 e. The van der Waals surface area contributed by atoms with Crippen molar-refractivity contribution in [3.8, 4) is 0 Å². The van der Waals surface area contributed by atoms with Crippen molar-refractivity contribution in [3.63, 3.8) is 0 Å². The highest BCUT2D eigenvalue weighted by molar-refractivity contribution is 5.73. The minimum atomic E-state index is -0.871. The highest BCUT2D eigenvalue weighted by Crippen LogP contribution is 2.19. The first-order valence-electron chi connectivity index (χ1n) is 3.33. The first kappa shape index (κ1) is 8.29. The number of nitrogens with two attached hydrogens (primary N) is 1. The molecule has 1 rings (SSSR count). The van der Waals surface area contributed by atoms with Crippen molar-refractivity contribution < 1.29 is 14.6 Å². The molecule has 64 valence electrons. The van der Waals surface area contributed by atoms with Gasteiger partial charge < -0.3 is 20.5 Å². The van der Waals surface area contributed by atoms with E-state index in [0.717, 1.165) is 0 Å². The fraction of sp³-hybridized carbons (Fsp3) is 0.833. The van der Waals surface area contributed by atoms with Crippen molar-refractivity contribution >= 4 is 6.03 Å². The Morgan fingerprint density at radius 2 is 2.36 bits per heavy atom. The van der Waals surface area contributed by atoms with Gasteiger partial charge in [0.05, 0.1) is 19.7 Å². The molecule has 5 nitrogen and oxygen atoms in total. The summed E-state index contributed by atoms with van der Waals surface area (Å²) in [5, 5.41) is 9.45. The summed E-state index contributed by atoms with van der Waals surface area (Å²) < 4.78 is 4.75. The van der Waals surface area contributed by atoms with Crippen LogP contribution in [0.25, 0.3) is 0 Å². The number of carbonyl (C=O) groups is 1. The zero-order chi connectivity index (χ0) is 8.48. The molecule has 1 fully saturated rings. The van der Waals surface area contributed by atoms with Crippen LogP contribution in [-0.4, -0.2) is 48.4 Å². The van der Waals surface area contributed by atoms with Gasteiger partial charge in [0.2, 0.25) is 0 Å². The maximum absolute atomic E-state index is 10.5. The maximum atomic E-state index is 10.5. The molecule has 0 spiro atoms. The van der Waals surface area contributed by atoms with Gasteiger partial charge in [-0.3, -0.25) is 0 Å². The normalized spacial score (nSPS) is 21.1. The largest absolute Gasteiger partial charge is 0.384 e. The van der Waals surface area contributed by atoms with E-state index in [9.17, 15) is 9.90 Å². The molecular weight excluding hydrogens is 148 g/mol. The number of hydrogen-bond donors (Lipinski definition) is 2. The molecular formula is C6H12N2O3. The number of rotatable bonds is 2. The third-order valence-corrected chi connectivity index (χ3v) is 1.70. The van der Waals surface area contributed by atoms with Crippen molar-refractivity contribution in [1.29, 1.82) is 0 Å². The first-order chi connectivity index (χ1) is 5.07. The Balaban J connectivity index is 2.31. The van der Waals surface area contributed by atoms with E-state index in [-0.39, 0.29) is 19.7 Å². The number of carbonyl (C=O) groups excluding carboxylic acids is 1. The fourth-order valence-corrected chi connectivity index (χ4v) is 1.18. The molecule has 1 aliphatic rings. The zero-order valence-corrected chi connectivity index (χ0v) is 6.41. The number of nitrogens with zero attached hydrogens (tertiary/aromatic N) is 1. The Kier molecular flexibility index (Phi) is 2.01. The third kappa shape index (κ3) is 1.61. The van der Waals surface area contributed by atoms with Gasteiger partial charge in [0.25, 0.3) is 0 Å². The lowest BCUT2D eigenvalue weighted by molar-refractivity contribution is -0.114. The van der Waals surface area contributed by atoms with Crippen LogP contribution >= 0.6 is 0 Å². The van der Waals surface area contributed by atoms with Crippen molar-refractivity contribution in [1.82, 2.24) is 4.90 Å². The SMILES string of the molecule is COCC1(O)CN(C(N)=O)C1. The van der Waals surface area contributed by atoms with Crippen LogP contribution in [0, 0.1) is 0 Å². The van der Waals surface area contributed by atoms with Gasteiger partial charge >= 0.3 is 6.03 Å². The summed E-state index contributed by atoms with van der Waals surface area (Å²) >= 11 is 0. The van der Waals surface area contributed by atoms with E-state index < -0.39 is 11.6 Å². The molecule has 0 aromatic heterocycles. The molecule has 1 heterocycles. The van der Waals surface area contributed by atoms with Gasteiger partial charge in [0.15, 0.2) is 0 Å². The molecule has 0 bridgehead atoms. The summed E-state index contributed by atoms with van der Waals surface area (Å²) in [5.41, 5.74) is 4.08. The van der Waals surface area contributed by atoms with Gasteiger partial charge in [0.1, 0.15) is 5.60 Å². The maximum Gasteiger partial charge on any atom is 0.314 e. The van der Waals surface area contributed by atoms with E-state index in [1.54, 1.807) is 0 Å². The number of aliphatic hydroxyl groups is 1.